The molecule has 0 unspecified atom stereocenters. The highest BCUT2D eigenvalue weighted by molar-refractivity contribution is 5.78. The van der Waals surface area contributed by atoms with E-state index in [1.807, 2.05) is 0 Å². The fourth-order valence-corrected chi connectivity index (χ4v) is 1.79. The standard InChI is InChI=1S/C10H11F3N2O3/c1-2-3-14-9(18)15-4-6(8(16)17)7(5-15)10(11,12)13/h1,6-7H,3-5H2,(H,14,18)(H,16,17)/t6-,7-/m1/s1. The van der Waals surface area contributed by atoms with E-state index in [9.17, 15) is 22.8 Å². The van der Waals surface area contributed by atoms with Gasteiger partial charge in [-0.05, 0) is 0 Å². The molecule has 5 nitrogen and oxygen atoms in total. The van der Waals surface area contributed by atoms with Crippen molar-refractivity contribution in [1.82, 2.24) is 10.2 Å². The zero-order chi connectivity index (χ0) is 13.9. The molecule has 1 fully saturated rings. The van der Waals surface area contributed by atoms with E-state index in [1.165, 1.54) is 0 Å². The Balaban J connectivity index is 2.76. The van der Waals surface area contributed by atoms with Gasteiger partial charge < -0.3 is 15.3 Å². The van der Waals surface area contributed by atoms with Crippen LogP contribution in [0.4, 0.5) is 18.0 Å². The minimum absolute atomic E-state index is 0.121. The number of rotatable bonds is 2. The Morgan fingerprint density at radius 3 is 2.44 bits per heavy atom. The van der Waals surface area contributed by atoms with Crippen LogP contribution < -0.4 is 5.32 Å². The molecular formula is C10H11F3N2O3. The summed E-state index contributed by atoms with van der Waals surface area (Å²) in [7, 11) is 0. The van der Waals surface area contributed by atoms with Crippen molar-refractivity contribution in [3.63, 3.8) is 0 Å². The third-order valence-corrected chi connectivity index (χ3v) is 2.69. The predicted molar refractivity (Wildman–Crippen MR) is 54.5 cm³/mol. The number of carboxylic acid groups (broad SMARTS) is 1. The van der Waals surface area contributed by atoms with Crippen LogP contribution in [-0.2, 0) is 4.79 Å². The molecule has 1 rings (SSSR count). The van der Waals surface area contributed by atoms with Crippen LogP contribution in [0.15, 0.2) is 0 Å². The lowest BCUT2D eigenvalue weighted by molar-refractivity contribution is -0.187. The van der Waals surface area contributed by atoms with Gasteiger partial charge in [-0.15, -0.1) is 6.42 Å². The first-order valence-electron chi connectivity index (χ1n) is 5.03. The number of nitrogens with zero attached hydrogens (tertiary/aromatic N) is 1. The number of alkyl halides is 3. The molecule has 1 aliphatic rings. The summed E-state index contributed by atoms with van der Waals surface area (Å²) in [6.45, 7) is -1.27. The van der Waals surface area contributed by atoms with Crippen molar-refractivity contribution in [3.8, 4) is 12.3 Å². The number of nitrogens with one attached hydrogen (secondary N) is 1. The lowest BCUT2D eigenvalue weighted by atomic mass is 9.96. The van der Waals surface area contributed by atoms with Gasteiger partial charge in [0.25, 0.3) is 0 Å². The van der Waals surface area contributed by atoms with Gasteiger partial charge in [-0.1, -0.05) is 5.92 Å². The topological polar surface area (TPSA) is 69.6 Å². The van der Waals surface area contributed by atoms with Crippen molar-refractivity contribution in [2.75, 3.05) is 19.6 Å². The molecule has 1 heterocycles. The molecule has 8 heteroatoms. The van der Waals surface area contributed by atoms with Gasteiger partial charge in [0, 0.05) is 13.1 Å². The zero-order valence-corrected chi connectivity index (χ0v) is 9.20. The third kappa shape index (κ3) is 3.06. The van der Waals surface area contributed by atoms with Gasteiger partial charge in [-0.25, -0.2) is 4.79 Å². The summed E-state index contributed by atoms with van der Waals surface area (Å²) < 4.78 is 37.8. The molecule has 0 aromatic heterocycles. The average molecular weight is 264 g/mol. The van der Waals surface area contributed by atoms with Crippen molar-refractivity contribution in [1.29, 1.82) is 0 Å². The normalized spacial score (nSPS) is 23.6. The molecule has 1 saturated heterocycles. The van der Waals surface area contributed by atoms with E-state index in [0.717, 1.165) is 4.90 Å². The van der Waals surface area contributed by atoms with Gasteiger partial charge >= 0.3 is 18.2 Å². The minimum atomic E-state index is -4.65. The number of carboxylic acids is 1. The van der Waals surface area contributed by atoms with E-state index in [4.69, 9.17) is 11.5 Å². The van der Waals surface area contributed by atoms with E-state index < -0.39 is 43.1 Å². The lowest BCUT2D eigenvalue weighted by Gasteiger charge is -2.18. The number of hydrogen-bond acceptors (Lipinski definition) is 2. The van der Waals surface area contributed by atoms with Gasteiger partial charge in [0.2, 0.25) is 0 Å². The SMILES string of the molecule is C#CCNC(=O)N1C[C@@H](C(F)(F)F)[C@H](C(=O)O)C1. The van der Waals surface area contributed by atoms with E-state index in [1.54, 1.807) is 0 Å². The number of terminal acetylenes is 1. The van der Waals surface area contributed by atoms with Gasteiger partial charge in [0.05, 0.1) is 18.4 Å². The summed E-state index contributed by atoms with van der Waals surface area (Å²) in [4.78, 5) is 23.0. The summed E-state index contributed by atoms with van der Waals surface area (Å²) >= 11 is 0. The number of hydrogen-bond donors (Lipinski definition) is 2. The van der Waals surface area contributed by atoms with Crippen LogP contribution in [0, 0.1) is 24.2 Å². The molecule has 18 heavy (non-hydrogen) atoms. The molecule has 2 amide bonds. The largest absolute Gasteiger partial charge is 0.481 e. The molecule has 100 valence electrons. The van der Waals surface area contributed by atoms with Crippen LogP contribution in [-0.4, -0.2) is 47.8 Å². The second-order valence-electron chi connectivity index (χ2n) is 3.86. The Hall–Kier alpha value is -1.91. The van der Waals surface area contributed by atoms with Crippen LogP contribution in [0.25, 0.3) is 0 Å². The second-order valence-corrected chi connectivity index (χ2v) is 3.86. The smallest absolute Gasteiger partial charge is 0.394 e. The minimum Gasteiger partial charge on any atom is -0.481 e. The Kier molecular flexibility index (Phi) is 4.06. The van der Waals surface area contributed by atoms with Crippen molar-refractivity contribution in [2.45, 2.75) is 6.18 Å². The molecule has 0 aliphatic carbocycles. The van der Waals surface area contributed by atoms with Gasteiger partial charge in [-0.2, -0.15) is 13.2 Å². The first-order valence-corrected chi connectivity index (χ1v) is 5.03. The Bertz CT molecular complexity index is 389. The summed E-state index contributed by atoms with van der Waals surface area (Å²) in [5, 5.41) is 10.9. The number of urea groups is 1. The Labute approximate surface area is 101 Å². The lowest BCUT2D eigenvalue weighted by Crippen LogP contribution is -2.39. The molecule has 1 aliphatic heterocycles. The predicted octanol–water partition coefficient (Wildman–Crippen LogP) is 0.524. The van der Waals surface area contributed by atoms with E-state index >= 15 is 0 Å². The summed E-state index contributed by atoms with van der Waals surface area (Å²) in [5.41, 5.74) is 0. The van der Waals surface area contributed by atoms with Crippen molar-refractivity contribution < 1.29 is 27.9 Å². The molecule has 0 radical (unpaired) electrons. The molecule has 0 bridgehead atoms. The fourth-order valence-electron chi connectivity index (χ4n) is 1.79. The zero-order valence-electron chi connectivity index (χ0n) is 9.20. The Morgan fingerprint density at radius 2 is 2.06 bits per heavy atom. The second kappa shape index (κ2) is 5.16. The fraction of sp³-hybridized carbons (Fsp3) is 0.600. The van der Waals surface area contributed by atoms with Gasteiger partial charge in [-0.3, -0.25) is 4.79 Å². The molecular weight excluding hydrogens is 253 g/mol. The van der Waals surface area contributed by atoms with Crippen LogP contribution in [0.5, 0.6) is 0 Å². The molecule has 2 atom stereocenters. The van der Waals surface area contributed by atoms with Crippen molar-refractivity contribution in [3.05, 3.63) is 0 Å². The van der Waals surface area contributed by atoms with Crippen LogP contribution in [0.3, 0.4) is 0 Å². The molecule has 0 aromatic rings. The first-order chi connectivity index (χ1) is 8.27. The molecule has 0 aromatic carbocycles. The number of likely N-dealkylation sites (tertiary alicyclic amines) is 1. The molecule has 2 N–H and O–H groups in total. The molecule has 0 spiro atoms. The number of carbonyl (C=O) groups excluding carboxylic acids is 1. The quantitative estimate of drug-likeness (QED) is 0.714. The maximum atomic E-state index is 12.6. The summed E-state index contributed by atoms with van der Waals surface area (Å²) in [6, 6.07) is -0.786. The van der Waals surface area contributed by atoms with Crippen molar-refractivity contribution >= 4 is 12.0 Å². The Morgan fingerprint density at radius 1 is 1.44 bits per heavy atom. The first kappa shape index (κ1) is 14.2. The number of amides is 2. The highest BCUT2D eigenvalue weighted by Gasteiger charge is 2.53. The van der Waals surface area contributed by atoms with Crippen LogP contribution >= 0.6 is 0 Å². The summed E-state index contributed by atoms with van der Waals surface area (Å²) in [6.07, 6.45) is 0.242. The van der Waals surface area contributed by atoms with Crippen molar-refractivity contribution in [2.24, 2.45) is 11.8 Å². The third-order valence-electron chi connectivity index (χ3n) is 2.69. The molecule has 0 saturated carbocycles. The average Bonchev–Trinajstić information content (AvgIpc) is 2.70. The van der Waals surface area contributed by atoms with Crippen LogP contribution in [0.2, 0.25) is 0 Å². The maximum absolute atomic E-state index is 12.6. The van der Waals surface area contributed by atoms with Crippen LogP contribution in [0.1, 0.15) is 0 Å². The monoisotopic (exact) mass is 264 g/mol. The van der Waals surface area contributed by atoms with E-state index in [0.29, 0.717) is 0 Å². The highest BCUT2D eigenvalue weighted by atomic mass is 19.4. The number of aliphatic carboxylic acids is 1. The maximum Gasteiger partial charge on any atom is 0.394 e. The van der Waals surface area contributed by atoms with Gasteiger partial charge in [0.1, 0.15) is 0 Å². The highest BCUT2D eigenvalue weighted by Crippen LogP contribution is 2.37. The number of carbonyl (C=O) groups is 2. The summed E-state index contributed by atoms with van der Waals surface area (Å²) in [5.74, 6) is -3.15. The number of halogens is 3. The van der Waals surface area contributed by atoms with E-state index in [2.05, 4.69) is 11.2 Å². The van der Waals surface area contributed by atoms with E-state index in [-0.39, 0.29) is 6.54 Å². The van der Waals surface area contributed by atoms with Gasteiger partial charge in [0.15, 0.2) is 0 Å².